The number of anilines is 1. The number of hydrogen-bond donors (Lipinski definition) is 2. The quantitative estimate of drug-likeness (QED) is 0.857. The molecule has 1 aromatic heterocycles. The van der Waals surface area contributed by atoms with Gasteiger partial charge >= 0.3 is 0 Å². The van der Waals surface area contributed by atoms with E-state index in [-0.39, 0.29) is 5.91 Å². The van der Waals surface area contributed by atoms with E-state index in [1.54, 1.807) is 0 Å². The minimum atomic E-state index is -0.698. The molecule has 17 heavy (non-hydrogen) atoms. The van der Waals surface area contributed by atoms with Gasteiger partial charge in [-0.3, -0.25) is 10.1 Å². The molecule has 0 unspecified atom stereocenters. The van der Waals surface area contributed by atoms with Gasteiger partial charge in [0.1, 0.15) is 5.01 Å². The molecule has 1 aromatic rings. The van der Waals surface area contributed by atoms with Crippen molar-refractivity contribution >= 4 is 22.4 Å². The number of rotatable bonds is 4. The lowest BCUT2D eigenvalue weighted by Crippen LogP contribution is -2.48. The van der Waals surface area contributed by atoms with Crippen LogP contribution in [0.3, 0.4) is 0 Å². The lowest BCUT2D eigenvalue weighted by atomic mass is 9.98. The highest BCUT2D eigenvalue weighted by Gasteiger charge is 2.37. The Bertz CT molecular complexity index is 398. The molecule has 0 spiro atoms. The van der Waals surface area contributed by atoms with Gasteiger partial charge in [0.25, 0.3) is 0 Å². The molecule has 0 saturated heterocycles. The first-order valence-corrected chi connectivity index (χ1v) is 6.88. The molecule has 5 nitrogen and oxygen atoms in total. The number of nitrogens with one attached hydrogen (secondary N) is 1. The Kier molecular flexibility index (Phi) is 3.73. The summed E-state index contributed by atoms with van der Waals surface area (Å²) in [6, 6.07) is 0. The van der Waals surface area contributed by atoms with E-state index in [1.807, 2.05) is 0 Å². The zero-order chi connectivity index (χ0) is 12.3. The molecule has 1 saturated carbocycles. The first kappa shape index (κ1) is 12.4. The van der Waals surface area contributed by atoms with Gasteiger partial charge in [-0.1, -0.05) is 31.1 Å². The smallest absolute Gasteiger partial charge is 0.246 e. The molecule has 1 aliphatic rings. The van der Waals surface area contributed by atoms with Crippen LogP contribution in [0.1, 0.15) is 44.0 Å². The largest absolute Gasteiger partial charge is 0.317 e. The number of nitrogens with zero attached hydrogens (tertiary/aromatic N) is 2. The maximum absolute atomic E-state index is 12.0. The Labute approximate surface area is 105 Å². The summed E-state index contributed by atoms with van der Waals surface area (Å²) in [5.74, 6) is -0.116. The molecule has 0 atom stereocenters. The SMILES string of the molecule is CCCc1nnc(NC(=O)C2(N)CCCC2)s1. The Balaban J connectivity index is 1.97. The lowest BCUT2D eigenvalue weighted by molar-refractivity contribution is -0.121. The number of hydrogen-bond acceptors (Lipinski definition) is 5. The standard InChI is InChI=1S/C11H18N4OS/c1-2-5-8-14-15-10(17-8)13-9(16)11(12)6-3-4-7-11/h2-7,12H2,1H3,(H,13,15,16). The lowest BCUT2D eigenvalue weighted by Gasteiger charge is -2.20. The highest BCUT2D eigenvalue weighted by Crippen LogP contribution is 2.28. The molecule has 1 aliphatic carbocycles. The normalized spacial score (nSPS) is 18.2. The number of aromatic nitrogens is 2. The zero-order valence-corrected chi connectivity index (χ0v) is 10.8. The van der Waals surface area contributed by atoms with Crippen LogP contribution in [0.25, 0.3) is 0 Å². The van der Waals surface area contributed by atoms with Crippen LogP contribution in [-0.4, -0.2) is 21.6 Å². The van der Waals surface area contributed by atoms with E-state index < -0.39 is 5.54 Å². The average molecular weight is 254 g/mol. The van der Waals surface area contributed by atoms with Crippen LogP contribution in [0.4, 0.5) is 5.13 Å². The molecule has 0 radical (unpaired) electrons. The number of carbonyl (C=O) groups excluding carboxylic acids is 1. The van der Waals surface area contributed by atoms with E-state index in [0.29, 0.717) is 5.13 Å². The van der Waals surface area contributed by atoms with Crippen LogP contribution >= 0.6 is 11.3 Å². The van der Waals surface area contributed by atoms with Crippen LogP contribution in [0, 0.1) is 0 Å². The van der Waals surface area contributed by atoms with Crippen LogP contribution in [0.5, 0.6) is 0 Å². The van der Waals surface area contributed by atoms with E-state index in [0.717, 1.165) is 43.5 Å². The van der Waals surface area contributed by atoms with Gasteiger partial charge < -0.3 is 5.73 Å². The van der Waals surface area contributed by atoms with E-state index >= 15 is 0 Å². The van der Waals surface area contributed by atoms with Gasteiger partial charge in [0.05, 0.1) is 5.54 Å². The maximum Gasteiger partial charge on any atom is 0.246 e. The number of amides is 1. The van der Waals surface area contributed by atoms with E-state index in [9.17, 15) is 4.79 Å². The van der Waals surface area contributed by atoms with Crippen LogP contribution in [0.15, 0.2) is 0 Å². The van der Waals surface area contributed by atoms with Crippen molar-refractivity contribution < 1.29 is 4.79 Å². The third-order valence-electron chi connectivity index (χ3n) is 3.10. The molecule has 2 rings (SSSR count). The average Bonchev–Trinajstić information content (AvgIpc) is 2.90. The highest BCUT2D eigenvalue weighted by atomic mass is 32.1. The third-order valence-corrected chi connectivity index (χ3v) is 4.00. The predicted octanol–water partition coefficient (Wildman–Crippen LogP) is 1.70. The van der Waals surface area contributed by atoms with Crippen molar-refractivity contribution in [3.8, 4) is 0 Å². The van der Waals surface area contributed by atoms with Crippen LogP contribution in [-0.2, 0) is 11.2 Å². The molecule has 3 N–H and O–H groups in total. The number of aryl methyl sites for hydroxylation is 1. The minimum absolute atomic E-state index is 0.116. The Morgan fingerprint density at radius 1 is 1.47 bits per heavy atom. The second-order valence-corrected chi connectivity index (χ2v) is 5.63. The second kappa shape index (κ2) is 5.10. The van der Waals surface area contributed by atoms with Crippen molar-refractivity contribution in [3.63, 3.8) is 0 Å². The third kappa shape index (κ3) is 2.81. The van der Waals surface area contributed by atoms with Crippen LogP contribution in [0.2, 0.25) is 0 Å². The monoisotopic (exact) mass is 254 g/mol. The summed E-state index contributed by atoms with van der Waals surface area (Å²) in [5.41, 5.74) is 5.36. The molecule has 1 fully saturated rings. The molecule has 1 amide bonds. The summed E-state index contributed by atoms with van der Waals surface area (Å²) in [5, 5.41) is 12.3. The predicted molar refractivity (Wildman–Crippen MR) is 67.9 cm³/mol. The van der Waals surface area contributed by atoms with Crippen molar-refractivity contribution in [2.75, 3.05) is 5.32 Å². The number of carbonyl (C=O) groups is 1. The van der Waals surface area contributed by atoms with Gasteiger partial charge in [0.2, 0.25) is 11.0 Å². The van der Waals surface area contributed by atoms with Crippen molar-refractivity contribution in [1.82, 2.24) is 10.2 Å². The van der Waals surface area contributed by atoms with Crippen molar-refractivity contribution in [3.05, 3.63) is 5.01 Å². The molecule has 6 heteroatoms. The highest BCUT2D eigenvalue weighted by molar-refractivity contribution is 7.15. The summed E-state index contributed by atoms with van der Waals surface area (Å²) in [4.78, 5) is 12.0. The summed E-state index contributed by atoms with van der Waals surface area (Å²) >= 11 is 1.43. The molecular formula is C11H18N4OS. The second-order valence-electron chi connectivity index (χ2n) is 4.57. The van der Waals surface area contributed by atoms with Gasteiger partial charge in [-0.15, -0.1) is 10.2 Å². The molecule has 1 heterocycles. The van der Waals surface area contributed by atoms with Crippen LogP contribution < -0.4 is 11.1 Å². The van der Waals surface area contributed by atoms with Gasteiger partial charge in [0, 0.05) is 6.42 Å². The first-order chi connectivity index (χ1) is 8.14. The summed E-state index contributed by atoms with van der Waals surface area (Å²) < 4.78 is 0. The summed E-state index contributed by atoms with van der Waals surface area (Å²) in [7, 11) is 0. The minimum Gasteiger partial charge on any atom is -0.317 e. The molecular weight excluding hydrogens is 236 g/mol. The van der Waals surface area contributed by atoms with Gasteiger partial charge in [-0.2, -0.15) is 0 Å². The fraction of sp³-hybridized carbons (Fsp3) is 0.727. The van der Waals surface area contributed by atoms with Crippen molar-refractivity contribution in [2.24, 2.45) is 5.73 Å². The Hall–Kier alpha value is -1.01. The fourth-order valence-corrected chi connectivity index (χ4v) is 2.91. The first-order valence-electron chi connectivity index (χ1n) is 6.07. The van der Waals surface area contributed by atoms with Gasteiger partial charge in [0.15, 0.2) is 0 Å². The summed E-state index contributed by atoms with van der Waals surface area (Å²) in [6.07, 6.45) is 5.52. The van der Waals surface area contributed by atoms with E-state index in [4.69, 9.17) is 5.73 Å². The fourth-order valence-electron chi connectivity index (χ4n) is 2.07. The molecule has 0 aromatic carbocycles. The molecule has 0 aliphatic heterocycles. The molecule has 94 valence electrons. The van der Waals surface area contributed by atoms with E-state index in [1.165, 1.54) is 11.3 Å². The topological polar surface area (TPSA) is 80.9 Å². The summed E-state index contributed by atoms with van der Waals surface area (Å²) in [6.45, 7) is 2.09. The maximum atomic E-state index is 12.0. The van der Waals surface area contributed by atoms with Crippen molar-refractivity contribution in [1.29, 1.82) is 0 Å². The van der Waals surface area contributed by atoms with Gasteiger partial charge in [-0.05, 0) is 19.3 Å². The molecule has 0 bridgehead atoms. The number of nitrogens with two attached hydrogens (primary N) is 1. The Morgan fingerprint density at radius 3 is 2.82 bits per heavy atom. The Morgan fingerprint density at radius 2 is 2.18 bits per heavy atom. The van der Waals surface area contributed by atoms with Crippen molar-refractivity contribution in [2.45, 2.75) is 51.0 Å². The van der Waals surface area contributed by atoms with Gasteiger partial charge in [-0.25, -0.2) is 0 Å². The zero-order valence-electron chi connectivity index (χ0n) is 10.0. The van der Waals surface area contributed by atoms with E-state index in [2.05, 4.69) is 22.4 Å².